The average molecular weight is 589 g/mol. The smallest absolute Gasteiger partial charge is 0.389 e. The summed E-state index contributed by atoms with van der Waals surface area (Å²) in [5.74, 6) is -1.21. The maximum Gasteiger partial charge on any atom is 0.397 e. The summed E-state index contributed by atoms with van der Waals surface area (Å²) in [6.07, 6.45) is 2.87. The van der Waals surface area contributed by atoms with Gasteiger partial charge >= 0.3 is 6.18 Å². The summed E-state index contributed by atoms with van der Waals surface area (Å²) in [6.45, 7) is 15.3. The van der Waals surface area contributed by atoms with Crippen molar-refractivity contribution in [1.29, 1.82) is 5.26 Å². The van der Waals surface area contributed by atoms with Crippen LogP contribution in [0.25, 0.3) is 0 Å². The fourth-order valence-electron chi connectivity index (χ4n) is 10.8. The number of Topliss-reactive ketones (excluding diaryl/α,β-unsaturated/α-hetero) is 1. The summed E-state index contributed by atoms with van der Waals surface area (Å²) in [5.41, 5.74) is -0.937. The fourth-order valence-corrected chi connectivity index (χ4v) is 10.8. The number of nitriles is 1. The van der Waals surface area contributed by atoms with Crippen LogP contribution >= 0.6 is 0 Å². The molecule has 0 heterocycles. The number of fused-ring (bicyclic) bond motifs is 7. The van der Waals surface area contributed by atoms with Gasteiger partial charge in [-0.15, -0.1) is 0 Å². The average Bonchev–Trinajstić information content (AvgIpc) is 2.85. The third-order valence-corrected chi connectivity index (χ3v) is 13.2. The summed E-state index contributed by atoms with van der Waals surface area (Å²) in [4.78, 5) is 25.6. The molecule has 8 atom stereocenters. The van der Waals surface area contributed by atoms with Crippen molar-refractivity contribution in [3.8, 4) is 6.07 Å². The zero-order valence-corrected chi connectivity index (χ0v) is 26.2. The van der Waals surface area contributed by atoms with Crippen LogP contribution < -0.4 is 5.32 Å². The Hall–Kier alpha value is -2.14. The molecule has 8 heteroatoms. The number of rotatable bonds is 3. The van der Waals surface area contributed by atoms with Crippen molar-refractivity contribution in [1.82, 2.24) is 5.32 Å². The van der Waals surface area contributed by atoms with Gasteiger partial charge in [-0.25, -0.2) is 0 Å². The number of carbonyl (C=O) groups excluding carboxylic acids is 2. The molecule has 5 aliphatic carbocycles. The molecule has 42 heavy (non-hydrogen) atoms. The largest absolute Gasteiger partial charge is 0.397 e. The van der Waals surface area contributed by atoms with Crippen LogP contribution in [0.3, 0.4) is 0 Å². The van der Waals surface area contributed by atoms with Crippen LogP contribution in [0.15, 0.2) is 23.3 Å². The van der Waals surface area contributed by atoms with E-state index in [4.69, 9.17) is 0 Å². The first-order valence-electron chi connectivity index (χ1n) is 15.6. The zero-order valence-electron chi connectivity index (χ0n) is 26.2. The van der Waals surface area contributed by atoms with Crippen molar-refractivity contribution in [2.75, 3.05) is 6.54 Å². The van der Waals surface area contributed by atoms with E-state index < -0.39 is 35.4 Å². The van der Waals surface area contributed by atoms with Gasteiger partial charge in [0.15, 0.2) is 5.78 Å². The molecule has 0 bridgehead atoms. The molecule has 0 radical (unpaired) electrons. The van der Waals surface area contributed by atoms with E-state index in [9.17, 15) is 33.1 Å². The first-order valence-corrected chi connectivity index (χ1v) is 15.6. The SMILES string of the molecule is CC1(C)CC[C@]2(CNC(=O)CC(F)(F)F)CC[C@]3(C)C(C(O)C=C4[C@@]5(C)C=C(C#N)C(=O)C(C)(C)[C@@H]5CC[C@]43C)C2C1. The monoisotopic (exact) mass is 588 g/mol. The number of allylic oxidation sites excluding steroid dienone is 3. The zero-order chi connectivity index (χ0) is 31.3. The lowest BCUT2D eigenvalue weighted by atomic mass is 9.34. The second-order valence-corrected chi connectivity index (χ2v) is 16.3. The molecule has 5 rings (SSSR count). The highest BCUT2D eigenvalue weighted by Gasteiger charge is 2.69. The minimum atomic E-state index is -4.55. The molecular formula is C34H47F3N2O3. The molecule has 3 saturated carbocycles. The molecule has 3 unspecified atom stereocenters. The Bertz CT molecular complexity index is 1290. The highest BCUT2D eigenvalue weighted by molar-refractivity contribution is 6.04. The van der Waals surface area contributed by atoms with Crippen LogP contribution in [-0.2, 0) is 9.59 Å². The standard InChI is InChI=1S/C34H47F3N2O3/c1-28(2)10-12-33(19-39-25(41)17-34(35,36)37)13-11-32(7)26(21(33)16-28)22(40)14-24-30(5)15-20(18-38)27(42)29(3,4)23(30)8-9-31(24,32)6/h14-15,21-23,26,40H,8-13,16-17,19H2,1-7H3,(H,39,41)/t21?,22?,23-,26?,30-,31+,32+,33+/m0/s1. The van der Waals surface area contributed by atoms with E-state index in [2.05, 4.69) is 46.0 Å². The summed E-state index contributed by atoms with van der Waals surface area (Å²) >= 11 is 0. The first-order chi connectivity index (χ1) is 19.2. The molecule has 0 aromatic carbocycles. The van der Waals surface area contributed by atoms with Crippen LogP contribution in [0.1, 0.15) is 99.8 Å². The highest BCUT2D eigenvalue weighted by Crippen LogP contribution is 2.75. The number of ketones is 1. The molecule has 0 aliphatic heterocycles. The van der Waals surface area contributed by atoms with Crippen molar-refractivity contribution in [2.24, 2.45) is 50.2 Å². The number of amides is 1. The van der Waals surface area contributed by atoms with Crippen LogP contribution in [0.4, 0.5) is 13.2 Å². The number of hydrogen-bond acceptors (Lipinski definition) is 4. The van der Waals surface area contributed by atoms with E-state index >= 15 is 0 Å². The van der Waals surface area contributed by atoms with Gasteiger partial charge in [-0.3, -0.25) is 9.59 Å². The molecule has 0 aromatic rings. The van der Waals surface area contributed by atoms with Gasteiger partial charge in [0.1, 0.15) is 12.5 Å². The van der Waals surface area contributed by atoms with Crippen molar-refractivity contribution in [3.63, 3.8) is 0 Å². The van der Waals surface area contributed by atoms with Gasteiger partial charge in [0.25, 0.3) is 0 Å². The lowest BCUT2D eigenvalue weighted by Crippen LogP contribution is -2.66. The molecule has 232 valence electrons. The minimum absolute atomic E-state index is 0.00131. The number of hydrogen-bond donors (Lipinski definition) is 2. The van der Waals surface area contributed by atoms with Crippen molar-refractivity contribution in [2.45, 2.75) is 112 Å². The first kappa shape index (κ1) is 31.3. The molecule has 5 aliphatic rings. The van der Waals surface area contributed by atoms with Gasteiger partial charge in [0.2, 0.25) is 5.91 Å². The molecule has 5 nitrogen and oxygen atoms in total. The maximum absolute atomic E-state index is 13.3. The van der Waals surface area contributed by atoms with Gasteiger partial charge in [0.05, 0.1) is 11.7 Å². The Kier molecular flexibility index (Phi) is 7.02. The highest BCUT2D eigenvalue weighted by atomic mass is 19.4. The molecule has 0 aromatic heterocycles. The minimum Gasteiger partial charge on any atom is -0.389 e. The predicted octanol–water partition coefficient (Wildman–Crippen LogP) is 7.07. The Morgan fingerprint density at radius 1 is 1.07 bits per heavy atom. The van der Waals surface area contributed by atoms with E-state index in [0.717, 1.165) is 50.5 Å². The van der Waals surface area contributed by atoms with Crippen molar-refractivity contribution < 1.29 is 27.9 Å². The van der Waals surface area contributed by atoms with Gasteiger partial charge in [-0.1, -0.05) is 66.2 Å². The maximum atomic E-state index is 13.3. The lowest BCUT2D eigenvalue weighted by molar-refractivity contribution is -0.186. The number of carbonyl (C=O) groups is 2. The van der Waals surface area contributed by atoms with E-state index in [0.29, 0.717) is 0 Å². The van der Waals surface area contributed by atoms with Crippen LogP contribution in [-0.4, -0.2) is 35.6 Å². The van der Waals surface area contributed by atoms with Gasteiger partial charge < -0.3 is 10.4 Å². The number of nitrogens with one attached hydrogen (secondary N) is 1. The van der Waals surface area contributed by atoms with E-state index in [1.165, 1.54) is 0 Å². The summed E-state index contributed by atoms with van der Waals surface area (Å²) in [5, 5.41) is 24.7. The number of aliphatic hydroxyl groups excluding tert-OH is 1. The van der Waals surface area contributed by atoms with Crippen LogP contribution in [0.5, 0.6) is 0 Å². The number of alkyl halides is 3. The topological polar surface area (TPSA) is 90.2 Å². The van der Waals surface area contributed by atoms with Gasteiger partial charge in [0, 0.05) is 17.4 Å². The Morgan fingerprint density at radius 2 is 1.71 bits per heavy atom. The summed E-state index contributed by atoms with van der Waals surface area (Å²) < 4.78 is 38.9. The van der Waals surface area contributed by atoms with Gasteiger partial charge in [-0.05, 0) is 84.4 Å². The van der Waals surface area contributed by atoms with Crippen LogP contribution in [0, 0.1) is 61.6 Å². The summed E-state index contributed by atoms with van der Waals surface area (Å²) in [7, 11) is 0. The molecular weight excluding hydrogens is 541 g/mol. The molecule has 0 saturated heterocycles. The number of nitrogens with zero attached hydrogens (tertiary/aromatic N) is 1. The molecule has 0 spiro atoms. The van der Waals surface area contributed by atoms with Crippen molar-refractivity contribution >= 4 is 11.7 Å². The quantitative estimate of drug-likeness (QED) is 0.345. The lowest BCUT2D eigenvalue weighted by Gasteiger charge is -2.70. The predicted molar refractivity (Wildman–Crippen MR) is 154 cm³/mol. The van der Waals surface area contributed by atoms with E-state index in [1.54, 1.807) is 0 Å². The van der Waals surface area contributed by atoms with Gasteiger partial charge in [-0.2, -0.15) is 18.4 Å². The molecule has 2 N–H and O–H groups in total. The Morgan fingerprint density at radius 3 is 2.33 bits per heavy atom. The van der Waals surface area contributed by atoms with E-state index in [1.807, 2.05) is 26.0 Å². The molecule has 1 amide bonds. The number of halogens is 3. The Balaban J connectivity index is 1.58. The molecule has 3 fully saturated rings. The second-order valence-electron chi connectivity index (χ2n) is 16.3. The fraction of sp³-hybridized carbons (Fsp3) is 0.794. The third kappa shape index (κ3) is 4.42. The number of aliphatic hydroxyl groups is 1. The third-order valence-electron chi connectivity index (χ3n) is 13.2. The Labute approximate surface area is 248 Å². The normalized spacial score (nSPS) is 43.8. The van der Waals surface area contributed by atoms with E-state index in [-0.39, 0.29) is 57.3 Å². The second kappa shape index (κ2) is 9.43. The summed E-state index contributed by atoms with van der Waals surface area (Å²) in [6, 6.07) is 2.16. The van der Waals surface area contributed by atoms with Crippen molar-refractivity contribution in [3.05, 3.63) is 23.3 Å². The van der Waals surface area contributed by atoms with Crippen LogP contribution in [0.2, 0.25) is 0 Å².